The minimum absolute atomic E-state index is 0.0107. The molecule has 2 aliphatic heterocycles. The van der Waals surface area contributed by atoms with Crippen LogP contribution in [-0.2, 0) is 4.79 Å². The van der Waals surface area contributed by atoms with E-state index < -0.39 is 22.4 Å². The molecule has 0 fully saturated rings. The van der Waals surface area contributed by atoms with Gasteiger partial charge >= 0.3 is 0 Å². The molecule has 0 saturated carbocycles. The predicted molar refractivity (Wildman–Crippen MR) is 105 cm³/mol. The molecule has 2 aliphatic rings. The van der Waals surface area contributed by atoms with Crippen LogP contribution in [0.25, 0.3) is 0 Å². The quantitative estimate of drug-likeness (QED) is 0.460. The Bertz CT molecular complexity index is 1080. The molecule has 0 bridgehead atoms. The van der Waals surface area contributed by atoms with Gasteiger partial charge in [-0.3, -0.25) is 29.4 Å². The summed E-state index contributed by atoms with van der Waals surface area (Å²) >= 11 is 0. The summed E-state index contributed by atoms with van der Waals surface area (Å²) in [6.45, 7) is 2.28. The average Bonchev–Trinajstić information content (AvgIpc) is 2.97. The summed E-state index contributed by atoms with van der Waals surface area (Å²) in [6.07, 6.45) is 0.513. The average molecular weight is 409 g/mol. The van der Waals surface area contributed by atoms with E-state index in [0.717, 1.165) is 21.8 Å². The van der Waals surface area contributed by atoms with E-state index in [1.54, 1.807) is 0 Å². The van der Waals surface area contributed by atoms with Crippen LogP contribution in [0.2, 0.25) is 0 Å². The van der Waals surface area contributed by atoms with Gasteiger partial charge in [-0.25, -0.2) is 0 Å². The number of hydrogen-bond acceptors (Lipinski definition) is 6. The second-order valence-corrected chi connectivity index (χ2v) is 7.27. The third-order valence-electron chi connectivity index (χ3n) is 5.28. The first-order valence-corrected chi connectivity index (χ1v) is 9.53. The highest BCUT2D eigenvalue weighted by atomic mass is 16.6. The molecule has 9 nitrogen and oxygen atoms in total. The van der Waals surface area contributed by atoms with Gasteiger partial charge in [-0.2, -0.15) is 0 Å². The lowest BCUT2D eigenvalue weighted by Gasteiger charge is -2.27. The zero-order valence-electron chi connectivity index (χ0n) is 16.2. The largest absolute Gasteiger partial charge is 0.493 e. The summed E-state index contributed by atoms with van der Waals surface area (Å²) in [5.74, 6) is -0.967. The first-order valence-electron chi connectivity index (χ1n) is 9.53. The summed E-state index contributed by atoms with van der Waals surface area (Å²) in [5.41, 5.74) is 1.30. The zero-order valence-corrected chi connectivity index (χ0v) is 16.2. The van der Waals surface area contributed by atoms with Gasteiger partial charge in [-0.15, -0.1) is 0 Å². The molecule has 2 aromatic carbocycles. The van der Waals surface area contributed by atoms with E-state index in [-0.39, 0.29) is 36.0 Å². The van der Waals surface area contributed by atoms with Crippen LogP contribution in [0.5, 0.6) is 5.75 Å². The van der Waals surface area contributed by atoms with Gasteiger partial charge in [0.05, 0.1) is 23.1 Å². The Balaban J connectivity index is 1.44. The van der Waals surface area contributed by atoms with E-state index in [4.69, 9.17) is 4.74 Å². The summed E-state index contributed by atoms with van der Waals surface area (Å²) < 4.78 is 5.62. The van der Waals surface area contributed by atoms with Crippen LogP contribution in [-0.4, -0.2) is 40.7 Å². The van der Waals surface area contributed by atoms with Crippen molar-refractivity contribution in [1.82, 2.24) is 10.2 Å². The molecule has 2 aromatic rings. The number of ether oxygens (including phenoxy) is 1. The van der Waals surface area contributed by atoms with Crippen molar-refractivity contribution in [2.75, 3.05) is 13.2 Å². The van der Waals surface area contributed by atoms with E-state index in [1.165, 1.54) is 18.2 Å². The normalized spacial score (nSPS) is 17.2. The topological polar surface area (TPSA) is 119 Å². The number of rotatable bonds is 5. The van der Waals surface area contributed by atoms with Gasteiger partial charge in [0.2, 0.25) is 5.91 Å². The van der Waals surface area contributed by atoms with Crippen molar-refractivity contribution in [3.63, 3.8) is 0 Å². The van der Waals surface area contributed by atoms with Gasteiger partial charge < -0.3 is 10.1 Å². The highest BCUT2D eigenvalue weighted by Gasteiger charge is 2.40. The van der Waals surface area contributed by atoms with Gasteiger partial charge in [0, 0.05) is 31.0 Å². The Labute approximate surface area is 171 Å². The minimum Gasteiger partial charge on any atom is -0.493 e. The molecule has 0 aliphatic carbocycles. The SMILES string of the molecule is Cc1ccc2c(c1)C(NC(=O)CCN1C(=O)c3cccc([N+](=O)[O-])c3C1=O)CCO2. The first-order chi connectivity index (χ1) is 14.4. The molecule has 30 heavy (non-hydrogen) atoms. The minimum atomic E-state index is -0.748. The van der Waals surface area contributed by atoms with Crippen LogP contribution < -0.4 is 10.1 Å². The summed E-state index contributed by atoms with van der Waals surface area (Å²) in [7, 11) is 0. The number of imide groups is 1. The highest BCUT2D eigenvalue weighted by molar-refractivity contribution is 6.23. The lowest BCUT2D eigenvalue weighted by Crippen LogP contribution is -2.37. The van der Waals surface area contributed by atoms with Crippen LogP contribution in [0.4, 0.5) is 5.69 Å². The van der Waals surface area contributed by atoms with Gasteiger partial charge in [-0.05, 0) is 19.1 Å². The number of carbonyl (C=O) groups excluding carboxylic acids is 3. The van der Waals surface area contributed by atoms with E-state index in [2.05, 4.69) is 5.32 Å². The molecular weight excluding hydrogens is 390 g/mol. The zero-order chi connectivity index (χ0) is 21.4. The number of aryl methyl sites for hydroxylation is 1. The van der Waals surface area contributed by atoms with Crippen LogP contribution in [0.3, 0.4) is 0 Å². The van der Waals surface area contributed by atoms with Crippen molar-refractivity contribution < 1.29 is 24.0 Å². The van der Waals surface area contributed by atoms with Crippen LogP contribution >= 0.6 is 0 Å². The number of fused-ring (bicyclic) bond motifs is 2. The number of amides is 3. The van der Waals surface area contributed by atoms with E-state index >= 15 is 0 Å². The van der Waals surface area contributed by atoms with Gasteiger partial charge in [0.25, 0.3) is 17.5 Å². The van der Waals surface area contributed by atoms with Crippen molar-refractivity contribution >= 4 is 23.4 Å². The van der Waals surface area contributed by atoms with Gasteiger partial charge in [-0.1, -0.05) is 23.8 Å². The molecule has 0 saturated heterocycles. The van der Waals surface area contributed by atoms with Crippen LogP contribution in [0.15, 0.2) is 36.4 Å². The Morgan fingerprint density at radius 3 is 2.83 bits per heavy atom. The molecule has 0 aromatic heterocycles. The molecule has 2 heterocycles. The number of nitro benzene ring substituents is 1. The molecule has 0 spiro atoms. The Morgan fingerprint density at radius 1 is 1.27 bits per heavy atom. The fourth-order valence-electron chi connectivity index (χ4n) is 3.81. The second kappa shape index (κ2) is 7.58. The molecule has 1 atom stereocenters. The lowest BCUT2D eigenvalue weighted by atomic mass is 9.98. The van der Waals surface area contributed by atoms with E-state index in [1.807, 2.05) is 25.1 Å². The number of nitrogens with zero attached hydrogens (tertiary/aromatic N) is 2. The molecule has 1 N–H and O–H groups in total. The van der Waals surface area contributed by atoms with Crippen molar-refractivity contribution in [2.24, 2.45) is 0 Å². The Kier molecular flexibility index (Phi) is 4.94. The van der Waals surface area contributed by atoms with Crippen LogP contribution in [0.1, 0.15) is 50.7 Å². The molecule has 9 heteroatoms. The summed E-state index contributed by atoms with van der Waals surface area (Å²) in [5, 5.41) is 14.1. The molecule has 3 amide bonds. The molecular formula is C21H19N3O6. The number of nitro groups is 1. The standard InChI is InChI=1S/C21H19N3O6/c1-12-5-6-17-14(11-12)15(8-10-30-17)22-18(25)7-9-23-20(26)13-3-2-4-16(24(28)29)19(13)21(23)27/h2-6,11,15H,7-10H2,1H3,(H,22,25). The Hall–Kier alpha value is -3.75. The monoisotopic (exact) mass is 409 g/mol. The maximum atomic E-state index is 12.6. The third kappa shape index (κ3) is 3.38. The summed E-state index contributed by atoms with van der Waals surface area (Å²) in [6, 6.07) is 9.48. The van der Waals surface area contributed by atoms with Gasteiger partial charge in [0.15, 0.2) is 0 Å². The molecule has 154 valence electrons. The third-order valence-corrected chi connectivity index (χ3v) is 5.28. The summed E-state index contributed by atoms with van der Waals surface area (Å²) in [4.78, 5) is 49.0. The molecule has 0 radical (unpaired) electrons. The van der Waals surface area contributed by atoms with Crippen molar-refractivity contribution in [2.45, 2.75) is 25.8 Å². The number of hydrogen-bond donors (Lipinski definition) is 1. The lowest BCUT2D eigenvalue weighted by molar-refractivity contribution is -0.385. The van der Waals surface area contributed by atoms with Crippen molar-refractivity contribution in [3.8, 4) is 5.75 Å². The fraction of sp³-hybridized carbons (Fsp3) is 0.286. The maximum Gasteiger partial charge on any atom is 0.282 e. The number of nitrogens with one attached hydrogen (secondary N) is 1. The second-order valence-electron chi connectivity index (χ2n) is 7.27. The van der Waals surface area contributed by atoms with Crippen LogP contribution in [0, 0.1) is 17.0 Å². The molecule has 4 rings (SSSR count). The highest BCUT2D eigenvalue weighted by Crippen LogP contribution is 2.33. The van der Waals surface area contributed by atoms with Crippen molar-refractivity contribution in [3.05, 3.63) is 68.8 Å². The number of benzene rings is 2. The first kappa shape index (κ1) is 19.6. The van der Waals surface area contributed by atoms with E-state index in [9.17, 15) is 24.5 Å². The fourth-order valence-corrected chi connectivity index (χ4v) is 3.81. The maximum absolute atomic E-state index is 12.6. The molecule has 1 unspecified atom stereocenters. The smallest absolute Gasteiger partial charge is 0.282 e. The predicted octanol–water partition coefficient (Wildman–Crippen LogP) is 2.53. The van der Waals surface area contributed by atoms with E-state index in [0.29, 0.717) is 13.0 Å². The van der Waals surface area contributed by atoms with Gasteiger partial charge in [0.1, 0.15) is 11.3 Å². The Morgan fingerprint density at radius 2 is 2.07 bits per heavy atom. The number of carbonyl (C=O) groups is 3. The van der Waals surface area contributed by atoms with Crippen molar-refractivity contribution in [1.29, 1.82) is 0 Å².